The van der Waals surface area contributed by atoms with E-state index in [4.69, 9.17) is 11.6 Å². The molecule has 0 fully saturated rings. The lowest BCUT2D eigenvalue weighted by Gasteiger charge is -2.13. The number of benzene rings is 1. The van der Waals surface area contributed by atoms with Crippen LogP contribution in [0.5, 0.6) is 0 Å². The van der Waals surface area contributed by atoms with Crippen LogP contribution in [0.4, 0.5) is 0 Å². The zero-order chi connectivity index (χ0) is 15.4. The van der Waals surface area contributed by atoms with Crippen LogP contribution in [0.1, 0.15) is 25.1 Å². The highest BCUT2D eigenvalue weighted by Gasteiger charge is 2.11. The van der Waals surface area contributed by atoms with Gasteiger partial charge in [-0.15, -0.1) is 0 Å². The molecular weight excluding hydrogens is 302 g/mol. The molecular formula is C16H22ClN3S. The fraction of sp³-hybridized carbons (Fsp3) is 0.438. The van der Waals surface area contributed by atoms with E-state index in [1.54, 1.807) is 11.8 Å². The summed E-state index contributed by atoms with van der Waals surface area (Å²) in [6, 6.07) is 8.16. The fourth-order valence-electron chi connectivity index (χ4n) is 2.09. The van der Waals surface area contributed by atoms with Gasteiger partial charge < -0.3 is 5.32 Å². The standard InChI is InChI=1S/C16H22ClN3S/c1-11(2)9-18-10-13-14(17)6-5-7-15(13)21-16-8-12(3)19-20(16)4/h5-8,11,18H,9-10H2,1-4H3. The van der Waals surface area contributed by atoms with E-state index in [1.807, 2.05) is 30.8 Å². The number of aromatic nitrogens is 2. The number of aryl methyl sites for hydroxylation is 2. The molecule has 1 aromatic heterocycles. The topological polar surface area (TPSA) is 29.9 Å². The molecule has 5 heteroatoms. The van der Waals surface area contributed by atoms with Crippen molar-refractivity contribution in [3.8, 4) is 0 Å². The molecule has 1 heterocycles. The molecule has 0 atom stereocenters. The van der Waals surface area contributed by atoms with Gasteiger partial charge in [0, 0.05) is 23.5 Å². The van der Waals surface area contributed by atoms with E-state index in [9.17, 15) is 0 Å². The number of nitrogens with one attached hydrogen (secondary N) is 1. The summed E-state index contributed by atoms with van der Waals surface area (Å²) in [6.07, 6.45) is 0. The molecule has 0 bridgehead atoms. The van der Waals surface area contributed by atoms with Crippen LogP contribution in [-0.4, -0.2) is 16.3 Å². The van der Waals surface area contributed by atoms with Gasteiger partial charge in [0.05, 0.1) is 10.7 Å². The molecule has 0 unspecified atom stereocenters. The maximum absolute atomic E-state index is 6.38. The normalized spacial score (nSPS) is 11.3. The third kappa shape index (κ3) is 4.50. The van der Waals surface area contributed by atoms with E-state index < -0.39 is 0 Å². The number of rotatable bonds is 6. The SMILES string of the molecule is Cc1cc(Sc2cccc(Cl)c2CNCC(C)C)n(C)n1. The molecule has 0 saturated carbocycles. The Kier molecular flexibility index (Phi) is 5.73. The van der Waals surface area contributed by atoms with Crippen molar-refractivity contribution >= 4 is 23.4 Å². The average Bonchev–Trinajstić information content (AvgIpc) is 2.71. The summed E-state index contributed by atoms with van der Waals surface area (Å²) < 4.78 is 1.91. The van der Waals surface area contributed by atoms with E-state index in [0.717, 1.165) is 34.4 Å². The second-order valence-electron chi connectivity index (χ2n) is 5.59. The Labute approximate surface area is 136 Å². The molecule has 0 saturated heterocycles. The average molecular weight is 324 g/mol. The molecule has 0 amide bonds. The van der Waals surface area contributed by atoms with Crippen molar-refractivity contribution in [1.82, 2.24) is 15.1 Å². The molecule has 114 valence electrons. The van der Waals surface area contributed by atoms with E-state index in [2.05, 4.69) is 36.4 Å². The van der Waals surface area contributed by atoms with Gasteiger partial charge in [-0.3, -0.25) is 4.68 Å². The molecule has 2 rings (SSSR count). The Morgan fingerprint density at radius 1 is 1.38 bits per heavy atom. The van der Waals surface area contributed by atoms with Crippen LogP contribution in [0, 0.1) is 12.8 Å². The number of halogens is 1. The van der Waals surface area contributed by atoms with Crippen LogP contribution < -0.4 is 5.32 Å². The van der Waals surface area contributed by atoms with Crippen molar-refractivity contribution in [3.05, 3.63) is 40.5 Å². The summed E-state index contributed by atoms with van der Waals surface area (Å²) in [5.74, 6) is 0.628. The first-order valence-electron chi connectivity index (χ1n) is 7.14. The maximum Gasteiger partial charge on any atom is 0.0987 e. The highest BCUT2D eigenvalue weighted by molar-refractivity contribution is 7.99. The summed E-state index contributed by atoms with van der Waals surface area (Å²) in [7, 11) is 1.97. The molecule has 2 aromatic rings. The summed E-state index contributed by atoms with van der Waals surface area (Å²) in [4.78, 5) is 1.18. The van der Waals surface area contributed by atoms with Crippen molar-refractivity contribution in [2.24, 2.45) is 13.0 Å². The van der Waals surface area contributed by atoms with Crippen molar-refractivity contribution in [1.29, 1.82) is 0 Å². The molecule has 0 spiro atoms. The number of hydrogen-bond donors (Lipinski definition) is 1. The van der Waals surface area contributed by atoms with Gasteiger partial charge in [-0.2, -0.15) is 5.10 Å². The molecule has 0 aliphatic carbocycles. The number of nitrogens with zero attached hydrogens (tertiary/aromatic N) is 2. The number of hydrogen-bond acceptors (Lipinski definition) is 3. The van der Waals surface area contributed by atoms with Gasteiger partial charge in [0.25, 0.3) is 0 Å². The lowest BCUT2D eigenvalue weighted by Crippen LogP contribution is -2.19. The van der Waals surface area contributed by atoms with Gasteiger partial charge in [-0.25, -0.2) is 0 Å². The Balaban J connectivity index is 2.18. The van der Waals surface area contributed by atoms with E-state index >= 15 is 0 Å². The van der Waals surface area contributed by atoms with Gasteiger partial charge in [-0.05, 0) is 43.1 Å². The van der Waals surface area contributed by atoms with E-state index in [0.29, 0.717) is 5.92 Å². The zero-order valence-corrected chi connectivity index (χ0v) is 14.6. The Bertz CT molecular complexity index is 608. The van der Waals surface area contributed by atoms with Gasteiger partial charge in [0.1, 0.15) is 0 Å². The van der Waals surface area contributed by atoms with Crippen LogP contribution in [0.2, 0.25) is 5.02 Å². The molecule has 1 aromatic carbocycles. The molecule has 21 heavy (non-hydrogen) atoms. The Hall–Kier alpha value is -0.970. The van der Waals surface area contributed by atoms with Crippen LogP contribution in [0.3, 0.4) is 0 Å². The summed E-state index contributed by atoms with van der Waals surface area (Å²) in [5, 5.41) is 9.80. The smallest absolute Gasteiger partial charge is 0.0987 e. The Morgan fingerprint density at radius 3 is 2.76 bits per heavy atom. The summed E-state index contributed by atoms with van der Waals surface area (Å²) in [5.41, 5.74) is 2.19. The molecule has 0 aliphatic rings. The first-order chi connectivity index (χ1) is 9.97. The predicted octanol–water partition coefficient (Wildman–Crippen LogP) is 4.28. The minimum absolute atomic E-state index is 0.628. The molecule has 0 radical (unpaired) electrons. The van der Waals surface area contributed by atoms with Gasteiger partial charge >= 0.3 is 0 Å². The Morgan fingerprint density at radius 2 is 2.14 bits per heavy atom. The van der Waals surface area contributed by atoms with Crippen molar-refractivity contribution in [3.63, 3.8) is 0 Å². The second kappa shape index (κ2) is 7.34. The summed E-state index contributed by atoms with van der Waals surface area (Å²) >= 11 is 8.09. The highest BCUT2D eigenvalue weighted by Crippen LogP contribution is 2.33. The maximum atomic E-state index is 6.38. The highest BCUT2D eigenvalue weighted by atomic mass is 35.5. The first kappa shape index (κ1) is 16.4. The van der Waals surface area contributed by atoms with Crippen LogP contribution >= 0.6 is 23.4 Å². The minimum Gasteiger partial charge on any atom is -0.312 e. The third-order valence-electron chi connectivity index (χ3n) is 3.10. The van der Waals surface area contributed by atoms with Gasteiger partial charge in [0.2, 0.25) is 0 Å². The zero-order valence-electron chi connectivity index (χ0n) is 13.0. The fourth-order valence-corrected chi connectivity index (χ4v) is 3.46. The quantitative estimate of drug-likeness (QED) is 0.860. The van der Waals surface area contributed by atoms with E-state index in [-0.39, 0.29) is 0 Å². The van der Waals surface area contributed by atoms with Gasteiger partial charge in [-0.1, -0.05) is 43.3 Å². The predicted molar refractivity (Wildman–Crippen MR) is 90.1 cm³/mol. The minimum atomic E-state index is 0.628. The van der Waals surface area contributed by atoms with E-state index in [1.165, 1.54) is 4.90 Å². The molecule has 1 N–H and O–H groups in total. The largest absolute Gasteiger partial charge is 0.312 e. The van der Waals surface area contributed by atoms with Crippen LogP contribution in [-0.2, 0) is 13.6 Å². The molecule has 0 aliphatic heterocycles. The van der Waals surface area contributed by atoms with Crippen molar-refractivity contribution in [2.75, 3.05) is 6.54 Å². The van der Waals surface area contributed by atoms with Crippen LogP contribution in [0.25, 0.3) is 0 Å². The molecule has 3 nitrogen and oxygen atoms in total. The lowest BCUT2D eigenvalue weighted by molar-refractivity contribution is 0.550. The second-order valence-corrected chi connectivity index (χ2v) is 7.06. The first-order valence-corrected chi connectivity index (χ1v) is 8.33. The third-order valence-corrected chi connectivity index (χ3v) is 4.65. The summed E-state index contributed by atoms with van der Waals surface area (Å²) in [6.45, 7) is 8.19. The van der Waals surface area contributed by atoms with Gasteiger partial charge in [0.15, 0.2) is 0 Å². The monoisotopic (exact) mass is 323 g/mol. The van der Waals surface area contributed by atoms with Crippen molar-refractivity contribution in [2.45, 2.75) is 37.2 Å². The van der Waals surface area contributed by atoms with Crippen LogP contribution in [0.15, 0.2) is 34.2 Å². The van der Waals surface area contributed by atoms with Crippen molar-refractivity contribution < 1.29 is 0 Å². The lowest BCUT2D eigenvalue weighted by atomic mass is 10.2.